The Bertz CT molecular complexity index is 658. The average Bonchev–Trinajstić information content (AvgIpc) is 2.84. The Balaban J connectivity index is 2.03. The molecule has 0 atom stereocenters. The molecule has 18 heavy (non-hydrogen) atoms. The lowest BCUT2D eigenvalue weighted by molar-refractivity contribution is 0.616. The van der Waals surface area contributed by atoms with Gasteiger partial charge in [0.05, 0.1) is 17.6 Å². The summed E-state index contributed by atoms with van der Waals surface area (Å²) in [5.74, 6) is 0. The van der Waals surface area contributed by atoms with Crippen LogP contribution < -0.4 is 5.73 Å². The lowest BCUT2D eigenvalue weighted by Gasteiger charge is -2.00. The second-order valence-corrected chi connectivity index (χ2v) is 4.08. The van der Waals surface area contributed by atoms with Crippen molar-refractivity contribution in [2.45, 2.75) is 6.42 Å². The van der Waals surface area contributed by atoms with Crippen molar-refractivity contribution in [3.8, 4) is 11.3 Å². The summed E-state index contributed by atoms with van der Waals surface area (Å²) in [7, 11) is 0. The second kappa shape index (κ2) is 4.58. The molecule has 0 saturated carbocycles. The molecule has 0 amide bonds. The Hall–Kier alpha value is -2.20. The van der Waals surface area contributed by atoms with Crippen LogP contribution >= 0.6 is 0 Å². The van der Waals surface area contributed by atoms with Crippen LogP contribution in [0.2, 0.25) is 0 Å². The van der Waals surface area contributed by atoms with Gasteiger partial charge in [0.1, 0.15) is 11.8 Å². The maximum Gasteiger partial charge on any atom is 0.134 e. The van der Waals surface area contributed by atoms with E-state index in [1.807, 2.05) is 24.3 Å². The van der Waals surface area contributed by atoms with Gasteiger partial charge in [-0.1, -0.05) is 18.2 Å². The van der Waals surface area contributed by atoms with Crippen LogP contribution in [0.25, 0.3) is 22.2 Å². The summed E-state index contributed by atoms with van der Waals surface area (Å²) in [6.45, 7) is 0.586. The molecule has 90 valence electrons. The van der Waals surface area contributed by atoms with E-state index in [1.165, 1.54) is 0 Å². The number of hydrogen-bond acceptors (Lipinski definition) is 4. The normalized spacial score (nSPS) is 10.9. The van der Waals surface area contributed by atoms with Crippen LogP contribution in [0.15, 0.2) is 47.3 Å². The number of rotatable bonds is 3. The number of furan rings is 1. The van der Waals surface area contributed by atoms with Crippen molar-refractivity contribution in [3.63, 3.8) is 0 Å². The molecule has 0 aliphatic carbocycles. The van der Waals surface area contributed by atoms with E-state index in [-0.39, 0.29) is 0 Å². The van der Waals surface area contributed by atoms with Crippen LogP contribution in [-0.2, 0) is 6.42 Å². The summed E-state index contributed by atoms with van der Waals surface area (Å²) < 4.78 is 5.49. The van der Waals surface area contributed by atoms with Crippen LogP contribution in [0.3, 0.4) is 0 Å². The second-order valence-electron chi connectivity index (χ2n) is 4.08. The highest BCUT2D eigenvalue weighted by molar-refractivity contribution is 5.92. The highest BCUT2D eigenvalue weighted by Gasteiger charge is 2.08. The molecule has 3 aromatic rings. The summed E-state index contributed by atoms with van der Waals surface area (Å²) in [5.41, 5.74) is 9.05. The van der Waals surface area contributed by atoms with Crippen molar-refractivity contribution in [2.24, 2.45) is 5.73 Å². The van der Waals surface area contributed by atoms with Gasteiger partial charge in [-0.3, -0.25) is 9.97 Å². The fourth-order valence-electron chi connectivity index (χ4n) is 1.95. The highest BCUT2D eigenvalue weighted by Crippen LogP contribution is 2.28. The monoisotopic (exact) mass is 239 g/mol. The number of benzene rings is 1. The first-order valence-electron chi connectivity index (χ1n) is 5.86. The zero-order chi connectivity index (χ0) is 12.4. The summed E-state index contributed by atoms with van der Waals surface area (Å²) in [6.07, 6.45) is 6.00. The number of fused-ring (bicyclic) bond motifs is 1. The highest BCUT2D eigenvalue weighted by atomic mass is 16.3. The molecule has 2 heterocycles. The standard InChI is InChI=1S/C14H13N3O/c15-6-5-10-7-17-13(8-16-10)12-9-18-14-4-2-1-3-11(12)14/h1-4,7-9H,5-6,15H2. The Morgan fingerprint density at radius 3 is 2.78 bits per heavy atom. The van der Waals surface area contributed by atoms with Crippen LogP contribution in [-0.4, -0.2) is 16.5 Å². The third-order valence-electron chi connectivity index (χ3n) is 2.86. The van der Waals surface area contributed by atoms with Crippen molar-refractivity contribution < 1.29 is 4.42 Å². The zero-order valence-corrected chi connectivity index (χ0v) is 9.84. The Labute approximate surface area is 104 Å². The first-order valence-corrected chi connectivity index (χ1v) is 5.86. The fourth-order valence-corrected chi connectivity index (χ4v) is 1.95. The number of hydrogen-bond donors (Lipinski definition) is 1. The lowest BCUT2D eigenvalue weighted by atomic mass is 10.1. The minimum Gasteiger partial charge on any atom is -0.464 e. The summed E-state index contributed by atoms with van der Waals surface area (Å²) in [4.78, 5) is 8.76. The van der Waals surface area contributed by atoms with Gasteiger partial charge in [0.15, 0.2) is 0 Å². The van der Waals surface area contributed by atoms with Crippen molar-refractivity contribution in [1.29, 1.82) is 0 Å². The van der Waals surface area contributed by atoms with Crippen molar-refractivity contribution in [1.82, 2.24) is 9.97 Å². The van der Waals surface area contributed by atoms with E-state index in [1.54, 1.807) is 18.7 Å². The Morgan fingerprint density at radius 2 is 2.00 bits per heavy atom. The molecular formula is C14H13N3O. The fraction of sp³-hybridized carbons (Fsp3) is 0.143. The summed E-state index contributed by atoms with van der Waals surface area (Å²) in [5, 5.41) is 1.05. The number of nitrogens with two attached hydrogens (primary N) is 1. The predicted octanol–water partition coefficient (Wildman–Crippen LogP) is 2.39. The van der Waals surface area contributed by atoms with E-state index in [2.05, 4.69) is 9.97 Å². The van der Waals surface area contributed by atoms with Crippen LogP contribution in [0.4, 0.5) is 0 Å². The van der Waals surface area contributed by atoms with Gasteiger partial charge in [-0.05, 0) is 12.6 Å². The van der Waals surface area contributed by atoms with Gasteiger partial charge in [-0.2, -0.15) is 0 Å². The first-order chi connectivity index (χ1) is 8.88. The van der Waals surface area contributed by atoms with E-state index in [0.717, 1.165) is 34.3 Å². The van der Waals surface area contributed by atoms with Gasteiger partial charge >= 0.3 is 0 Å². The van der Waals surface area contributed by atoms with Gasteiger partial charge in [0.2, 0.25) is 0 Å². The maximum absolute atomic E-state index is 5.49. The number of aromatic nitrogens is 2. The molecule has 0 spiro atoms. The smallest absolute Gasteiger partial charge is 0.134 e. The minimum atomic E-state index is 0.586. The molecule has 0 aliphatic heterocycles. The molecule has 0 bridgehead atoms. The molecular weight excluding hydrogens is 226 g/mol. The van der Waals surface area contributed by atoms with E-state index < -0.39 is 0 Å². The Morgan fingerprint density at radius 1 is 1.11 bits per heavy atom. The quantitative estimate of drug-likeness (QED) is 0.762. The molecule has 0 unspecified atom stereocenters. The van der Waals surface area contributed by atoms with Crippen molar-refractivity contribution in [3.05, 3.63) is 48.6 Å². The van der Waals surface area contributed by atoms with Gasteiger partial charge in [-0.25, -0.2) is 0 Å². The summed E-state index contributed by atoms with van der Waals surface area (Å²) >= 11 is 0. The molecule has 4 nitrogen and oxygen atoms in total. The third-order valence-corrected chi connectivity index (χ3v) is 2.86. The van der Waals surface area contributed by atoms with E-state index in [4.69, 9.17) is 10.2 Å². The number of para-hydroxylation sites is 1. The molecule has 0 fully saturated rings. The van der Waals surface area contributed by atoms with E-state index in [0.29, 0.717) is 6.54 Å². The molecule has 2 N–H and O–H groups in total. The molecule has 3 rings (SSSR count). The van der Waals surface area contributed by atoms with Gasteiger partial charge in [0, 0.05) is 23.6 Å². The largest absolute Gasteiger partial charge is 0.464 e. The minimum absolute atomic E-state index is 0.586. The van der Waals surface area contributed by atoms with Gasteiger partial charge in [0.25, 0.3) is 0 Å². The number of nitrogens with zero attached hydrogens (tertiary/aromatic N) is 2. The van der Waals surface area contributed by atoms with Crippen LogP contribution in [0.1, 0.15) is 5.69 Å². The van der Waals surface area contributed by atoms with Crippen LogP contribution in [0.5, 0.6) is 0 Å². The van der Waals surface area contributed by atoms with Gasteiger partial charge < -0.3 is 10.2 Å². The maximum atomic E-state index is 5.49. The third kappa shape index (κ3) is 1.87. The Kier molecular flexibility index (Phi) is 2.78. The molecule has 1 aromatic carbocycles. The molecule has 0 radical (unpaired) electrons. The zero-order valence-electron chi connectivity index (χ0n) is 9.84. The topological polar surface area (TPSA) is 64.9 Å². The van der Waals surface area contributed by atoms with Crippen LogP contribution in [0, 0.1) is 0 Å². The predicted molar refractivity (Wildman–Crippen MR) is 70.0 cm³/mol. The van der Waals surface area contributed by atoms with Gasteiger partial charge in [-0.15, -0.1) is 0 Å². The summed E-state index contributed by atoms with van der Waals surface area (Å²) in [6, 6.07) is 7.89. The average molecular weight is 239 g/mol. The molecule has 2 aromatic heterocycles. The SMILES string of the molecule is NCCc1cnc(-c2coc3ccccc23)cn1. The molecule has 0 aliphatic rings. The van der Waals surface area contributed by atoms with Crippen molar-refractivity contribution in [2.75, 3.05) is 6.54 Å². The molecule has 0 saturated heterocycles. The molecule has 4 heteroatoms. The van der Waals surface area contributed by atoms with E-state index >= 15 is 0 Å². The van der Waals surface area contributed by atoms with E-state index in [9.17, 15) is 0 Å². The van der Waals surface area contributed by atoms with Crippen molar-refractivity contribution >= 4 is 11.0 Å². The lowest BCUT2D eigenvalue weighted by Crippen LogP contribution is -2.04. The first kappa shape index (κ1) is 10.9.